The number of benzene rings is 3. The monoisotopic (exact) mass is 311 g/mol. The number of hydrogen-bond donors (Lipinski definition) is 2. The summed E-state index contributed by atoms with van der Waals surface area (Å²) >= 11 is 0. The van der Waals surface area contributed by atoms with Crippen LogP contribution < -0.4 is 10.6 Å². The normalized spacial score (nSPS) is 10.5. The summed E-state index contributed by atoms with van der Waals surface area (Å²) in [6, 6.07) is 30.5. The molecule has 0 spiro atoms. The zero-order chi connectivity index (χ0) is 16.2. The number of aromatic nitrogens is 1. The lowest BCUT2D eigenvalue weighted by Crippen LogP contribution is -2.00. The Kier molecular flexibility index (Phi) is 3.82. The van der Waals surface area contributed by atoms with Crippen molar-refractivity contribution in [3.63, 3.8) is 0 Å². The fourth-order valence-electron chi connectivity index (χ4n) is 2.64. The maximum atomic E-state index is 4.79. The second-order valence-corrected chi connectivity index (χ2v) is 5.56. The smallest absolute Gasteiger partial charge is 0.154 e. The van der Waals surface area contributed by atoms with Crippen molar-refractivity contribution < 1.29 is 0 Å². The minimum absolute atomic E-state index is 0.809. The van der Waals surface area contributed by atoms with E-state index in [1.807, 2.05) is 78.9 Å². The van der Waals surface area contributed by atoms with Crippen molar-refractivity contribution in [2.45, 2.75) is 0 Å². The average molecular weight is 311 g/mol. The van der Waals surface area contributed by atoms with E-state index in [-0.39, 0.29) is 0 Å². The van der Waals surface area contributed by atoms with E-state index in [0.717, 1.165) is 33.8 Å². The molecule has 4 rings (SSSR count). The minimum Gasteiger partial charge on any atom is -0.352 e. The molecule has 0 fully saturated rings. The van der Waals surface area contributed by atoms with Crippen molar-refractivity contribution in [3.8, 4) is 0 Å². The van der Waals surface area contributed by atoms with Crippen LogP contribution in [0.1, 0.15) is 0 Å². The largest absolute Gasteiger partial charge is 0.352 e. The van der Waals surface area contributed by atoms with E-state index in [1.165, 1.54) is 0 Å². The summed E-state index contributed by atoms with van der Waals surface area (Å²) in [5, 5.41) is 7.98. The molecular formula is C21H17N3. The van der Waals surface area contributed by atoms with Crippen LogP contribution in [0.3, 0.4) is 0 Å². The molecule has 3 aromatic carbocycles. The molecule has 1 heterocycles. The van der Waals surface area contributed by atoms with Gasteiger partial charge in [-0.25, -0.2) is 4.98 Å². The van der Waals surface area contributed by atoms with Gasteiger partial charge in [-0.05, 0) is 36.4 Å². The summed E-state index contributed by atoms with van der Waals surface area (Å²) in [7, 11) is 0. The van der Waals surface area contributed by atoms with Crippen LogP contribution in [0, 0.1) is 0 Å². The number of hydrogen-bond acceptors (Lipinski definition) is 3. The van der Waals surface area contributed by atoms with E-state index >= 15 is 0 Å². The SMILES string of the molecule is c1ccc(Nc2cc3ccccc3nc2Nc2ccccc2)cc1. The van der Waals surface area contributed by atoms with Gasteiger partial charge in [0.15, 0.2) is 5.82 Å². The molecule has 3 nitrogen and oxygen atoms in total. The lowest BCUT2D eigenvalue weighted by molar-refractivity contribution is 1.36. The van der Waals surface area contributed by atoms with Crippen LogP contribution in [0.4, 0.5) is 22.9 Å². The maximum Gasteiger partial charge on any atom is 0.154 e. The Morgan fingerprint density at radius 3 is 1.88 bits per heavy atom. The maximum absolute atomic E-state index is 4.79. The number of fused-ring (bicyclic) bond motifs is 1. The van der Waals surface area contributed by atoms with E-state index in [9.17, 15) is 0 Å². The van der Waals surface area contributed by atoms with Crippen LogP contribution in [0.25, 0.3) is 10.9 Å². The molecule has 0 saturated heterocycles. The highest BCUT2D eigenvalue weighted by Crippen LogP contribution is 2.30. The number of nitrogens with one attached hydrogen (secondary N) is 2. The van der Waals surface area contributed by atoms with Crippen molar-refractivity contribution in [2.75, 3.05) is 10.6 Å². The highest BCUT2D eigenvalue weighted by Gasteiger charge is 2.08. The Hall–Kier alpha value is -3.33. The van der Waals surface area contributed by atoms with Gasteiger partial charge in [-0.15, -0.1) is 0 Å². The van der Waals surface area contributed by atoms with Gasteiger partial charge in [-0.1, -0.05) is 54.6 Å². The average Bonchev–Trinajstić information content (AvgIpc) is 2.64. The summed E-state index contributed by atoms with van der Waals surface area (Å²) in [6.45, 7) is 0. The van der Waals surface area contributed by atoms with Gasteiger partial charge in [-0.3, -0.25) is 0 Å². The van der Waals surface area contributed by atoms with Gasteiger partial charge in [-0.2, -0.15) is 0 Å². The number of para-hydroxylation sites is 3. The Morgan fingerprint density at radius 1 is 0.583 bits per heavy atom. The first-order chi connectivity index (χ1) is 11.9. The predicted octanol–water partition coefficient (Wildman–Crippen LogP) is 5.72. The molecule has 116 valence electrons. The van der Waals surface area contributed by atoms with E-state index in [0.29, 0.717) is 0 Å². The Labute approximate surface area is 141 Å². The fourth-order valence-corrected chi connectivity index (χ4v) is 2.64. The Morgan fingerprint density at radius 2 is 1.17 bits per heavy atom. The minimum atomic E-state index is 0.809. The molecule has 0 aliphatic carbocycles. The first kappa shape index (κ1) is 14.3. The third-order valence-corrected chi connectivity index (χ3v) is 3.81. The third-order valence-electron chi connectivity index (χ3n) is 3.81. The summed E-state index contributed by atoms with van der Waals surface area (Å²) < 4.78 is 0. The number of pyridine rings is 1. The van der Waals surface area contributed by atoms with Gasteiger partial charge in [0.2, 0.25) is 0 Å². The molecule has 0 atom stereocenters. The van der Waals surface area contributed by atoms with Crippen LogP contribution in [-0.2, 0) is 0 Å². The van der Waals surface area contributed by atoms with Crippen LogP contribution in [0.5, 0.6) is 0 Å². The molecule has 0 radical (unpaired) electrons. The molecule has 4 aromatic rings. The zero-order valence-corrected chi connectivity index (χ0v) is 13.1. The first-order valence-electron chi connectivity index (χ1n) is 7.92. The molecular weight excluding hydrogens is 294 g/mol. The molecule has 1 aromatic heterocycles. The highest BCUT2D eigenvalue weighted by molar-refractivity contribution is 5.89. The highest BCUT2D eigenvalue weighted by atomic mass is 15.0. The molecule has 0 aliphatic heterocycles. The van der Waals surface area contributed by atoms with Gasteiger partial charge < -0.3 is 10.6 Å². The Balaban J connectivity index is 1.78. The molecule has 3 heteroatoms. The van der Waals surface area contributed by atoms with Crippen molar-refractivity contribution in [3.05, 3.63) is 91.0 Å². The molecule has 0 aliphatic rings. The zero-order valence-electron chi connectivity index (χ0n) is 13.1. The quantitative estimate of drug-likeness (QED) is 0.506. The fraction of sp³-hybridized carbons (Fsp3) is 0. The molecule has 0 amide bonds. The van der Waals surface area contributed by atoms with Gasteiger partial charge in [0, 0.05) is 16.8 Å². The molecule has 2 N–H and O–H groups in total. The second kappa shape index (κ2) is 6.42. The third kappa shape index (κ3) is 3.06. The van der Waals surface area contributed by atoms with Crippen LogP contribution in [0.2, 0.25) is 0 Å². The lowest BCUT2D eigenvalue weighted by atomic mass is 10.2. The summed E-state index contributed by atoms with van der Waals surface area (Å²) in [5.74, 6) is 0.809. The van der Waals surface area contributed by atoms with Crippen LogP contribution in [0.15, 0.2) is 91.0 Å². The summed E-state index contributed by atoms with van der Waals surface area (Å²) in [6.07, 6.45) is 0. The van der Waals surface area contributed by atoms with E-state index in [2.05, 4.69) is 22.8 Å². The van der Waals surface area contributed by atoms with E-state index in [4.69, 9.17) is 4.98 Å². The predicted molar refractivity (Wildman–Crippen MR) is 101 cm³/mol. The van der Waals surface area contributed by atoms with Crippen LogP contribution in [-0.4, -0.2) is 4.98 Å². The van der Waals surface area contributed by atoms with Gasteiger partial charge in [0.05, 0.1) is 11.2 Å². The van der Waals surface area contributed by atoms with Gasteiger partial charge in [0.25, 0.3) is 0 Å². The lowest BCUT2D eigenvalue weighted by Gasteiger charge is -2.14. The molecule has 24 heavy (non-hydrogen) atoms. The number of rotatable bonds is 4. The van der Waals surface area contributed by atoms with Crippen molar-refractivity contribution in [1.82, 2.24) is 4.98 Å². The van der Waals surface area contributed by atoms with Crippen molar-refractivity contribution >= 4 is 33.8 Å². The molecule has 0 bridgehead atoms. The summed E-state index contributed by atoms with van der Waals surface area (Å²) in [4.78, 5) is 4.79. The number of nitrogens with zero attached hydrogens (tertiary/aromatic N) is 1. The standard InChI is InChI=1S/C21H17N3/c1-3-10-17(11-4-1)22-20-15-16-9-7-8-14-19(16)24-21(20)23-18-12-5-2-6-13-18/h1-15,22H,(H,23,24). The van der Waals surface area contributed by atoms with E-state index in [1.54, 1.807) is 0 Å². The molecule has 0 unspecified atom stereocenters. The first-order valence-corrected chi connectivity index (χ1v) is 7.92. The van der Waals surface area contributed by atoms with Crippen molar-refractivity contribution in [2.24, 2.45) is 0 Å². The van der Waals surface area contributed by atoms with Crippen LogP contribution >= 0.6 is 0 Å². The Bertz CT molecular complexity index is 870. The molecule has 0 saturated carbocycles. The topological polar surface area (TPSA) is 37.0 Å². The summed E-state index contributed by atoms with van der Waals surface area (Å²) in [5.41, 5.74) is 3.96. The number of anilines is 4. The second-order valence-electron chi connectivity index (χ2n) is 5.56. The van der Waals surface area contributed by atoms with E-state index < -0.39 is 0 Å². The van der Waals surface area contributed by atoms with Crippen molar-refractivity contribution in [1.29, 1.82) is 0 Å². The van der Waals surface area contributed by atoms with Gasteiger partial charge >= 0.3 is 0 Å². The van der Waals surface area contributed by atoms with Gasteiger partial charge in [0.1, 0.15) is 0 Å².